The molecule has 2 amide bonds. The van der Waals surface area contributed by atoms with Gasteiger partial charge in [0, 0.05) is 13.8 Å². The Morgan fingerprint density at radius 1 is 0.647 bits per heavy atom. The number of nitrogens with zero attached hydrogens (tertiary/aromatic N) is 4. The summed E-state index contributed by atoms with van der Waals surface area (Å²) in [5.41, 5.74) is -5.12. The van der Waals surface area contributed by atoms with E-state index in [1.165, 1.54) is 36.4 Å². The van der Waals surface area contributed by atoms with Gasteiger partial charge >= 0.3 is 29.8 Å². The van der Waals surface area contributed by atoms with Gasteiger partial charge in [0.2, 0.25) is 11.8 Å². The Morgan fingerprint density at radius 3 is 1.37 bits per heavy atom. The molecule has 262 valence electrons. The Balaban J connectivity index is 1.75. The van der Waals surface area contributed by atoms with Crippen molar-refractivity contribution in [3.63, 3.8) is 0 Å². The first-order valence-electron chi connectivity index (χ1n) is 14.1. The van der Waals surface area contributed by atoms with Gasteiger partial charge in [-0.3, -0.25) is 19.2 Å². The number of aromatic carboxylic acids is 1. The molecule has 0 bridgehead atoms. The van der Waals surface area contributed by atoms with Crippen LogP contribution in [0.4, 0.5) is 21.0 Å². The number of carboxylic acids is 1. The van der Waals surface area contributed by atoms with Gasteiger partial charge in [-0.25, -0.2) is 34.0 Å². The van der Waals surface area contributed by atoms with E-state index in [4.69, 9.17) is 18.3 Å². The molecule has 0 unspecified atom stereocenters. The van der Waals surface area contributed by atoms with Gasteiger partial charge in [-0.05, 0) is 42.5 Å². The maximum Gasteiger partial charge on any atom is 0.513 e. The Kier molecular flexibility index (Phi) is 9.24. The number of carbonyl (C=O) groups excluding carboxylic acids is 4. The SMILES string of the molecule is COC(=O)Oc1cccc2c(=O)n(N(C(C)=O)c3cc(C(=O)O)cc(N(C(C)=O)n4c(=O)oc5c(OC(=O)OC)cccc5c4=O)c3)c(=O)oc12. The molecular weight excluding hydrogens is 684 g/mol. The van der Waals surface area contributed by atoms with Crippen molar-refractivity contribution >= 4 is 63.4 Å². The standard InChI is InChI=1S/C31H22N4O16/c1-14(36)32(34-25(38)19-7-5-9-21(48-30(44)46-3)23(19)50-28(34)42)17-11-16(27(40)41)12-18(13-17)33(15(2)37)35-26(39)20-8-6-10-22(49-31(45)47-4)24(20)51-29(35)43/h5-13H,1-4H3,(H,40,41). The van der Waals surface area contributed by atoms with Gasteiger partial charge in [0.15, 0.2) is 22.7 Å². The monoisotopic (exact) mass is 706 g/mol. The fourth-order valence-corrected chi connectivity index (χ4v) is 4.84. The van der Waals surface area contributed by atoms with Gasteiger partial charge in [-0.1, -0.05) is 12.1 Å². The van der Waals surface area contributed by atoms with Crippen molar-refractivity contribution in [2.45, 2.75) is 13.8 Å². The molecule has 2 aromatic heterocycles. The predicted molar refractivity (Wildman–Crippen MR) is 170 cm³/mol. The van der Waals surface area contributed by atoms with Crippen LogP contribution in [0.25, 0.3) is 21.9 Å². The van der Waals surface area contributed by atoms with Crippen LogP contribution in [0.3, 0.4) is 0 Å². The van der Waals surface area contributed by atoms with Crippen molar-refractivity contribution in [3.05, 3.63) is 102 Å². The number of hydrogen-bond donors (Lipinski definition) is 1. The molecule has 5 aromatic rings. The fourth-order valence-electron chi connectivity index (χ4n) is 4.84. The van der Waals surface area contributed by atoms with Crippen molar-refractivity contribution in [2.24, 2.45) is 0 Å². The lowest BCUT2D eigenvalue weighted by atomic mass is 10.1. The lowest BCUT2D eigenvalue weighted by molar-refractivity contribution is -0.118. The summed E-state index contributed by atoms with van der Waals surface area (Å²) in [6, 6.07) is 9.84. The molecule has 0 spiro atoms. The number of amides is 2. The van der Waals surface area contributed by atoms with E-state index in [0.717, 1.165) is 46.3 Å². The molecule has 2 heterocycles. The van der Waals surface area contributed by atoms with Crippen molar-refractivity contribution in [3.8, 4) is 11.5 Å². The van der Waals surface area contributed by atoms with E-state index in [1.807, 2.05) is 0 Å². The summed E-state index contributed by atoms with van der Waals surface area (Å²) in [5.74, 6) is -7.55. The highest BCUT2D eigenvalue weighted by Gasteiger charge is 2.28. The van der Waals surface area contributed by atoms with Gasteiger partial charge < -0.3 is 32.9 Å². The zero-order valence-electron chi connectivity index (χ0n) is 26.6. The first-order valence-corrected chi connectivity index (χ1v) is 14.1. The Bertz CT molecular complexity index is 2380. The van der Waals surface area contributed by atoms with Gasteiger partial charge in [0.1, 0.15) is 0 Å². The van der Waals surface area contributed by atoms with E-state index in [9.17, 15) is 48.3 Å². The number of methoxy groups -OCH3 is 2. The molecular formula is C31H22N4O16. The lowest BCUT2D eigenvalue weighted by Crippen LogP contribution is -2.50. The topological polar surface area (TPSA) is 253 Å². The molecule has 1 N–H and O–H groups in total. The summed E-state index contributed by atoms with van der Waals surface area (Å²) < 4.78 is 29.6. The predicted octanol–water partition coefficient (Wildman–Crippen LogP) is 1.84. The van der Waals surface area contributed by atoms with Crippen LogP contribution in [0.5, 0.6) is 11.5 Å². The number of anilines is 2. The summed E-state index contributed by atoms with van der Waals surface area (Å²) >= 11 is 0. The Labute approximate surface area is 281 Å². The van der Waals surface area contributed by atoms with Crippen molar-refractivity contribution in [2.75, 3.05) is 24.2 Å². The summed E-state index contributed by atoms with van der Waals surface area (Å²) in [7, 11) is 2.02. The summed E-state index contributed by atoms with van der Waals surface area (Å²) in [6.07, 6.45) is -2.41. The third-order valence-electron chi connectivity index (χ3n) is 6.88. The van der Waals surface area contributed by atoms with Crippen LogP contribution in [0.2, 0.25) is 0 Å². The number of ether oxygens (including phenoxy) is 4. The number of carboxylic acid groups (broad SMARTS) is 1. The van der Waals surface area contributed by atoms with Crippen LogP contribution < -0.4 is 42.1 Å². The van der Waals surface area contributed by atoms with E-state index < -0.39 is 80.8 Å². The van der Waals surface area contributed by atoms with Crippen LogP contribution in [0, 0.1) is 0 Å². The van der Waals surface area contributed by atoms with Crippen LogP contribution in [0.1, 0.15) is 24.2 Å². The van der Waals surface area contributed by atoms with Crippen LogP contribution in [0.15, 0.2) is 82.6 Å². The number of aromatic nitrogens is 2. The molecule has 20 heteroatoms. The highest BCUT2D eigenvalue weighted by molar-refractivity contribution is 5.99. The number of fused-ring (bicyclic) bond motifs is 2. The number of para-hydroxylation sites is 2. The zero-order chi connectivity index (χ0) is 37.3. The molecule has 0 aliphatic carbocycles. The van der Waals surface area contributed by atoms with E-state index in [1.54, 1.807) is 0 Å². The Hall–Kier alpha value is -7.51. The average Bonchev–Trinajstić information content (AvgIpc) is 3.08. The normalized spacial score (nSPS) is 10.7. The molecule has 20 nitrogen and oxygen atoms in total. The minimum absolute atomic E-state index is 0.203. The van der Waals surface area contributed by atoms with E-state index in [2.05, 4.69) is 9.47 Å². The molecule has 51 heavy (non-hydrogen) atoms. The van der Waals surface area contributed by atoms with E-state index in [-0.39, 0.29) is 31.6 Å². The minimum Gasteiger partial charge on any atom is -0.478 e. The molecule has 0 radical (unpaired) electrons. The second kappa shape index (κ2) is 13.5. The Morgan fingerprint density at radius 2 is 1.04 bits per heavy atom. The zero-order valence-corrected chi connectivity index (χ0v) is 26.6. The van der Waals surface area contributed by atoms with Crippen LogP contribution in [-0.2, 0) is 19.1 Å². The number of benzene rings is 3. The van der Waals surface area contributed by atoms with Crippen LogP contribution in [-0.4, -0.2) is 58.8 Å². The van der Waals surface area contributed by atoms with Gasteiger partial charge in [0.25, 0.3) is 11.1 Å². The largest absolute Gasteiger partial charge is 0.513 e. The van der Waals surface area contributed by atoms with Crippen molar-refractivity contribution in [1.29, 1.82) is 0 Å². The molecule has 0 saturated carbocycles. The molecule has 0 fully saturated rings. The second-order valence-corrected chi connectivity index (χ2v) is 10.1. The quantitative estimate of drug-likeness (QED) is 0.187. The number of hydrogen-bond acceptors (Lipinski definition) is 15. The molecule has 0 aliphatic heterocycles. The minimum atomic E-state index is -1.64. The average molecular weight is 707 g/mol. The highest BCUT2D eigenvalue weighted by Crippen LogP contribution is 2.28. The maximum absolute atomic E-state index is 13.7. The lowest BCUT2D eigenvalue weighted by Gasteiger charge is -2.26. The number of carbonyl (C=O) groups is 5. The first-order chi connectivity index (χ1) is 24.2. The van der Waals surface area contributed by atoms with Crippen molar-refractivity contribution in [1.82, 2.24) is 9.35 Å². The molecule has 0 saturated heterocycles. The van der Waals surface area contributed by atoms with Crippen molar-refractivity contribution < 1.29 is 56.9 Å². The third-order valence-corrected chi connectivity index (χ3v) is 6.88. The maximum atomic E-state index is 13.7. The van der Waals surface area contributed by atoms with E-state index >= 15 is 0 Å². The van der Waals surface area contributed by atoms with Gasteiger partial charge in [-0.2, -0.15) is 0 Å². The second-order valence-electron chi connectivity index (χ2n) is 10.1. The van der Waals surface area contributed by atoms with Gasteiger partial charge in [0.05, 0.1) is 41.9 Å². The molecule has 0 aliphatic rings. The fraction of sp³-hybridized carbons (Fsp3) is 0.129. The summed E-state index contributed by atoms with van der Waals surface area (Å²) in [4.78, 5) is 116. The van der Waals surface area contributed by atoms with E-state index in [0.29, 0.717) is 10.0 Å². The summed E-state index contributed by atoms with van der Waals surface area (Å²) in [6.45, 7) is 1.80. The van der Waals surface area contributed by atoms with Crippen LogP contribution >= 0.6 is 0 Å². The van der Waals surface area contributed by atoms with Gasteiger partial charge in [-0.15, -0.1) is 9.35 Å². The third kappa shape index (κ3) is 6.38. The smallest absolute Gasteiger partial charge is 0.478 e. The first kappa shape index (κ1) is 34.8. The molecule has 5 rings (SSSR count). The summed E-state index contributed by atoms with van der Waals surface area (Å²) in [5, 5.41) is 10.0. The highest BCUT2D eigenvalue weighted by atomic mass is 16.7. The molecule has 0 atom stereocenters. The number of rotatable bonds is 7. The molecule has 3 aromatic carbocycles.